The smallest absolute Gasteiger partial charge is 0.137 e. The summed E-state index contributed by atoms with van der Waals surface area (Å²) in [5.41, 5.74) is 0. The van der Waals surface area contributed by atoms with Crippen molar-refractivity contribution in [3.05, 3.63) is 12.7 Å². The average Bonchev–Trinajstić information content (AvgIpc) is 2.78. The summed E-state index contributed by atoms with van der Waals surface area (Å²) in [6.45, 7) is 6.51. The lowest BCUT2D eigenvalue weighted by molar-refractivity contribution is 0.322. The number of nitrogens with one attached hydrogen (secondary N) is 1. The maximum Gasteiger partial charge on any atom is 0.137 e. The van der Waals surface area contributed by atoms with Gasteiger partial charge in [0.25, 0.3) is 0 Å². The first kappa shape index (κ1) is 11.5. The van der Waals surface area contributed by atoms with Gasteiger partial charge in [-0.05, 0) is 27.3 Å². The number of hydrogen-bond donors (Lipinski definition) is 1. The fraction of sp³-hybridized carbons (Fsp3) is 0.818. The molecule has 0 amide bonds. The van der Waals surface area contributed by atoms with Crippen LogP contribution in [-0.2, 0) is 6.54 Å². The van der Waals surface area contributed by atoms with Crippen molar-refractivity contribution in [2.24, 2.45) is 0 Å². The van der Waals surface area contributed by atoms with Crippen molar-refractivity contribution < 1.29 is 0 Å². The van der Waals surface area contributed by atoms with E-state index in [9.17, 15) is 0 Å². The van der Waals surface area contributed by atoms with Gasteiger partial charge in [0.1, 0.15) is 12.7 Å². The molecule has 5 nitrogen and oxygen atoms in total. The molecule has 1 saturated heterocycles. The zero-order chi connectivity index (χ0) is 11.5. The second kappa shape index (κ2) is 4.93. The van der Waals surface area contributed by atoms with Crippen molar-refractivity contribution in [2.75, 3.05) is 13.6 Å². The highest BCUT2D eigenvalue weighted by atomic mass is 15.3. The third-order valence-corrected chi connectivity index (χ3v) is 3.33. The van der Waals surface area contributed by atoms with Crippen molar-refractivity contribution in [2.45, 2.75) is 44.9 Å². The molecule has 1 aliphatic heterocycles. The fourth-order valence-electron chi connectivity index (χ4n) is 2.38. The van der Waals surface area contributed by atoms with Gasteiger partial charge in [-0.2, -0.15) is 5.10 Å². The summed E-state index contributed by atoms with van der Waals surface area (Å²) >= 11 is 0. The van der Waals surface area contributed by atoms with Crippen LogP contribution >= 0.6 is 0 Å². The number of rotatable bonds is 4. The number of likely N-dealkylation sites (N-methyl/N-ethyl adjacent to an activating group) is 1. The highest BCUT2D eigenvalue weighted by molar-refractivity contribution is 4.86. The van der Waals surface area contributed by atoms with Gasteiger partial charge in [0.2, 0.25) is 0 Å². The molecule has 3 atom stereocenters. The highest BCUT2D eigenvalue weighted by Gasteiger charge is 2.26. The topological polar surface area (TPSA) is 46.0 Å². The van der Waals surface area contributed by atoms with Crippen LogP contribution < -0.4 is 5.32 Å². The van der Waals surface area contributed by atoms with E-state index in [0.717, 1.165) is 13.1 Å². The summed E-state index contributed by atoms with van der Waals surface area (Å²) in [7, 11) is 2.19. The van der Waals surface area contributed by atoms with E-state index in [1.807, 2.05) is 4.68 Å². The molecule has 1 N–H and O–H groups in total. The Morgan fingerprint density at radius 1 is 1.56 bits per heavy atom. The molecule has 3 unspecified atom stereocenters. The first-order valence-electron chi connectivity index (χ1n) is 5.94. The second-order valence-corrected chi connectivity index (χ2v) is 4.91. The molecule has 0 aliphatic carbocycles. The van der Waals surface area contributed by atoms with E-state index in [1.54, 1.807) is 12.7 Å². The minimum atomic E-state index is 0.436. The Bertz CT molecular complexity index is 300. The number of hydrogen-bond acceptors (Lipinski definition) is 4. The molecule has 2 rings (SSSR count). The quantitative estimate of drug-likeness (QED) is 0.800. The molecule has 0 spiro atoms. The molecule has 0 bridgehead atoms. The summed E-state index contributed by atoms with van der Waals surface area (Å²) < 4.78 is 1.87. The second-order valence-electron chi connectivity index (χ2n) is 4.91. The van der Waals surface area contributed by atoms with E-state index in [0.29, 0.717) is 18.1 Å². The van der Waals surface area contributed by atoms with Crippen LogP contribution in [0.2, 0.25) is 0 Å². The molecule has 1 fully saturated rings. The molecule has 0 radical (unpaired) electrons. The van der Waals surface area contributed by atoms with Crippen LogP contribution in [0.25, 0.3) is 0 Å². The van der Waals surface area contributed by atoms with E-state index in [2.05, 4.69) is 41.2 Å². The van der Waals surface area contributed by atoms with Crippen molar-refractivity contribution >= 4 is 0 Å². The summed E-state index contributed by atoms with van der Waals surface area (Å²) in [5, 5.41) is 7.76. The lowest BCUT2D eigenvalue weighted by Crippen LogP contribution is -2.40. The fourth-order valence-corrected chi connectivity index (χ4v) is 2.38. The van der Waals surface area contributed by atoms with Crippen molar-refractivity contribution in [3.8, 4) is 0 Å². The summed E-state index contributed by atoms with van der Waals surface area (Å²) in [6.07, 6.45) is 4.58. The maximum atomic E-state index is 4.12. The van der Waals surface area contributed by atoms with Crippen LogP contribution in [-0.4, -0.2) is 51.4 Å². The van der Waals surface area contributed by atoms with E-state index in [4.69, 9.17) is 0 Å². The molecule has 90 valence electrons. The zero-order valence-corrected chi connectivity index (χ0v) is 10.3. The summed E-state index contributed by atoms with van der Waals surface area (Å²) in [5.74, 6) is 0. The molecule has 2 heterocycles. The third-order valence-electron chi connectivity index (χ3n) is 3.33. The molecule has 1 aromatic rings. The standard InChI is InChI=1S/C11H21N5/c1-9(5-16-8-12-7-13-16)14-11-4-10(2)15(3)6-11/h7-11,14H,4-6H2,1-3H3. The predicted octanol–water partition coefficient (Wildman–Crippen LogP) is 0.349. The Hall–Kier alpha value is -0.940. The van der Waals surface area contributed by atoms with Gasteiger partial charge in [-0.3, -0.25) is 4.68 Å². The molecule has 0 aromatic carbocycles. The van der Waals surface area contributed by atoms with Gasteiger partial charge < -0.3 is 10.2 Å². The average molecular weight is 223 g/mol. The molecule has 0 saturated carbocycles. The lowest BCUT2D eigenvalue weighted by Gasteiger charge is -2.19. The third kappa shape index (κ3) is 2.80. The summed E-state index contributed by atoms with van der Waals surface area (Å²) in [4.78, 5) is 6.35. The Balaban J connectivity index is 1.77. The van der Waals surface area contributed by atoms with Crippen molar-refractivity contribution in [1.29, 1.82) is 0 Å². The number of nitrogens with zero attached hydrogens (tertiary/aromatic N) is 4. The summed E-state index contributed by atoms with van der Waals surface area (Å²) in [6, 6.07) is 1.74. The Morgan fingerprint density at radius 3 is 2.94 bits per heavy atom. The maximum absolute atomic E-state index is 4.12. The predicted molar refractivity (Wildman–Crippen MR) is 63.1 cm³/mol. The van der Waals surface area contributed by atoms with Gasteiger partial charge in [-0.15, -0.1) is 0 Å². The SMILES string of the molecule is CC(Cn1cncn1)NC1CC(C)N(C)C1. The van der Waals surface area contributed by atoms with Gasteiger partial charge in [-0.1, -0.05) is 0 Å². The minimum absolute atomic E-state index is 0.436. The van der Waals surface area contributed by atoms with Crippen LogP contribution in [0.1, 0.15) is 20.3 Å². The van der Waals surface area contributed by atoms with Crippen LogP contribution in [0.5, 0.6) is 0 Å². The van der Waals surface area contributed by atoms with Crippen molar-refractivity contribution in [1.82, 2.24) is 25.0 Å². The van der Waals surface area contributed by atoms with Gasteiger partial charge in [0.05, 0.1) is 6.54 Å². The number of aromatic nitrogens is 3. The molecule has 5 heteroatoms. The van der Waals surface area contributed by atoms with Crippen LogP contribution in [0, 0.1) is 0 Å². The van der Waals surface area contributed by atoms with E-state index in [-0.39, 0.29) is 0 Å². The minimum Gasteiger partial charge on any atom is -0.308 e. The molecular formula is C11H21N5. The normalized spacial score (nSPS) is 28.4. The Kier molecular flexibility index (Phi) is 3.56. The van der Waals surface area contributed by atoms with Crippen LogP contribution in [0.4, 0.5) is 0 Å². The van der Waals surface area contributed by atoms with Gasteiger partial charge >= 0.3 is 0 Å². The zero-order valence-electron chi connectivity index (χ0n) is 10.3. The monoisotopic (exact) mass is 223 g/mol. The Labute approximate surface area is 96.8 Å². The first-order valence-corrected chi connectivity index (χ1v) is 5.94. The van der Waals surface area contributed by atoms with E-state index in [1.165, 1.54) is 6.42 Å². The van der Waals surface area contributed by atoms with Crippen molar-refractivity contribution in [3.63, 3.8) is 0 Å². The van der Waals surface area contributed by atoms with Crippen LogP contribution in [0.3, 0.4) is 0 Å². The van der Waals surface area contributed by atoms with Gasteiger partial charge in [-0.25, -0.2) is 4.98 Å². The molecule has 1 aliphatic rings. The van der Waals surface area contributed by atoms with Crippen LogP contribution in [0.15, 0.2) is 12.7 Å². The van der Waals surface area contributed by atoms with E-state index >= 15 is 0 Å². The highest BCUT2D eigenvalue weighted by Crippen LogP contribution is 2.15. The van der Waals surface area contributed by atoms with Gasteiger partial charge in [0.15, 0.2) is 0 Å². The first-order chi connectivity index (χ1) is 7.65. The molecular weight excluding hydrogens is 202 g/mol. The van der Waals surface area contributed by atoms with Gasteiger partial charge in [0, 0.05) is 24.7 Å². The lowest BCUT2D eigenvalue weighted by atomic mass is 10.1. The largest absolute Gasteiger partial charge is 0.308 e. The van der Waals surface area contributed by atoms with E-state index < -0.39 is 0 Å². The number of likely N-dealkylation sites (tertiary alicyclic amines) is 1. The Morgan fingerprint density at radius 2 is 2.38 bits per heavy atom. The molecule has 1 aromatic heterocycles. The molecule has 16 heavy (non-hydrogen) atoms.